The van der Waals surface area contributed by atoms with Crippen molar-refractivity contribution in [1.82, 2.24) is 0 Å². The minimum Gasteiger partial charge on any atom is -0.464 e. The molecule has 0 amide bonds. The van der Waals surface area contributed by atoms with Crippen LogP contribution in [0.4, 0.5) is 0 Å². The summed E-state index contributed by atoms with van der Waals surface area (Å²) in [4.78, 5) is 34.8. The molecule has 2 saturated carbocycles. The molecule has 0 aromatic rings. The van der Waals surface area contributed by atoms with Crippen molar-refractivity contribution in [3.8, 4) is 0 Å². The first kappa shape index (κ1) is 12.3. The molecule has 94 valence electrons. The van der Waals surface area contributed by atoms with E-state index in [1.807, 2.05) is 0 Å². The van der Waals surface area contributed by atoms with E-state index >= 15 is 0 Å². The summed E-state index contributed by atoms with van der Waals surface area (Å²) in [6, 6.07) is 0. The Morgan fingerprint density at radius 1 is 1.24 bits per heavy atom. The molecule has 2 aliphatic carbocycles. The maximum Gasteiger partial charge on any atom is 0.311 e. The molecule has 2 aliphatic rings. The number of carbonyl (C=O) groups is 3. The number of ether oxygens (including phenoxy) is 1. The Morgan fingerprint density at radius 3 is 2.29 bits per heavy atom. The van der Waals surface area contributed by atoms with Gasteiger partial charge in [-0.2, -0.15) is 0 Å². The largest absolute Gasteiger partial charge is 0.464 e. The molecule has 2 rings (SSSR count). The van der Waals surface area contributed by atoms with Crippen molar-refractivity contribution in [2.24, 2.45) is 23.2 Å². The quantitative estimate of drug-likeness (QED) is 0.538. The lowest BCUT2D eigenvalue weighted by Gasteiger charge is -2.31. The van der Waals surface area contributed by atoms with E-state index in [1.54, 1.807) is 20.8 Å². The number of carbonyl (C=O) groups excluding carboxylic acids is 3. The molecule has 2 fully saturated rings. The second-order valence-corrected chi connectivity index (χ2v) is 6.03. The van der Waals surface area contributed by atoms with Gasteiger partial charge in [0.15, 0.2) is 0 Å². The number of rotatable bonds is 2. The Hall–Kier alpha value is -1.19. The summed E-state index contributed by atoms with van der Waals surface area (Å²) in [6.07, 6.45) is 1.72. The molecular weight excluding hydrogens is 220 g/mol. The number of Topliss-reactive ketones (excluding diaryl/α,β-unsaturated/α-hetero) is 2. The average Bonchev–Trinajstić information content (AvgIpc) is 2.32. The van der Waals surface area contributed by atoms with Crippen LogP contribution in [0.25, 0.3) is 0 Å². The predicted octanol–water partition coefficient (Wildman–Crippen LogP) is 1.37. The summed E-state index contributed by atoms with van der Waals surface area (Å²) in [5, 5.41) is 0. The molecule has 0 aromatic carbocycles. The summed E-state index contributed by atoms with van der Waals surface area (Å²) in [5.74, 6) is -1.24. The molecule has 3 atom stereocenters. The third-order valence-electron chi connectivity index (χ3n) is 3.77. The Bertz CT molecular complexity index is 377. The first-order chi connectivity index (χ1) is 7.82. The first-order valence-corrected chi connectivity index (χ1v) is 6.07. The number of hydrogen-bond acceptors (Lipinski definition) is 4. The van der Waals surface area contributed by atoms with Crippen molar-refractivity contribution in [3.05, 3.63) is 0 Å². The Balaban J connectivity index is 1.94. The van der Waals surface area contributed by atoms with Gasteiger partial charge >= 0.3 is 5.97 Å². The fraction of sp³-hybridized carbons (Fsp3) is 0.769. The molecule has 17 heavy (non-hydrogen) atoms. The summed E-state index contributed by atoms with van der Waals surface area (Å²) < 4.78 is 5.15. The molecule has 0 heterocycles. The zero-order chi connectivity index (χ0) is 12.8. The predicted molar refractivity (Wildman–Crippen MR) is 60.1 cm³/mol. The van der Waals surface area contributed by atoms with Gasteiger partial charge in [-0.05, 0) is 39.5 Å². The maximum atomic E-state index is 11.7. The van der Waals surface area contributed by atoms with Gasteiger partial charge in [0.25, 0.3) is 0 Å². The van der Waals surface area contributed by atoms with Gasteiger partial charge in [0.05, 0.1) is 11.3 Å². The third-order valence-corrected chi connectivity index (χ3v) is 3.77. The number of hydrogen-bond donors (Lipinski definition) is 0. The fourth-order valence-corrected chi connectivity index (χ4v) is 2.47. The Kier molecular flexibility index (Phi) is 2.84. The van der Waals surface area contributed by atoms with Gasteiger partial charge in [-0.15, -0.1) is 0 Å². The van der Waals surface area contributed by atoms with Gasteiger partial charge in [0.1, 0.15) is 6.61 Å². The Morgan fingerprint density at radius 2 is 1.88 bits per heavy atom. The topological polar surface area (TPSA) is 60.4 Å². The van der Waals surface area contributed by atoms with Gasteiger partial charge in [-0.25, -0.2) is 0 Å². The van der Waals surface area contributed by atoms with Crippen LogP contribution in [0.5, 0.6) is 0 Å². The number of ketones is 2. The van der Waals surface area contributed by atoms with Crippen LogP contribution in [0.1, 0.15) is 33.6 Å². The molecular formula is C13H18O4. The van der Waals surface area contributed by atoms with Crippen LogP contribution in [0, 0.1) is 23.2 Å². The summed E-state index contributed by atoms with van der Waals surface area (Å²) in [5.41, 5.74) is -0.565. The average molecular weight is 238 g/mol. The van der Waals surface area contributed by atoms with Crippen molar-refractivity contribution in [2.75, 3.05) is 6.61 Å². The van der Waals surface area contributed by atoms with E-state index in [9.17, 15) is 14.4 Å². The lowest BCUT2D eigenvalue weighted by atomic mass is 9.72. The summed E-state index contributed by atoms with van der Waals surface area (Å²) >= 11 is 0. The van der Waals surface area contributed by atoms with Gasteiger partial charge in [-0.1, -0.05) is 0 Å². The molecule has 0 N–H and O–H groups in total. The van der Waals surface area contributed by atoms with E-state index in [4.69, 9.17) is 4.74 Å². The standard InChI is InChI=1S/C13H18O4/c1-13(2,3)12(16)17-6-9-7-4-5-8(7)10(14)11(9)15/h7-9H,4-6H2,1-3H3/t7-,8+,9+/m0/s1. The molecule has 0 spiro atoms. The van der Waals surface area contributed by atoms with E-state index in [2.05, 4.69) is 0 Å². The van der Waals surface area contributed by atoms with Crippen LogP contribution in [-0.4, -0.2) is 24.1 Å². The van der Waals surface area contributed by atoms with Crippen molar-refractivity contribution < 1.29 is 19.1 Å². The monoisotopic (exact) mass is 238 g/mol. The highest BCUT2D eigenvalue weighted by Crippen LogP contribution is 2.46. The zero-order valence-electron chi connectivity index (χ0n) is 10.5. The highest BCUT2D eigenvalue weighted by Gasteiger charge is 2.54. The molecule has 0 aliphatic heterocycles. The van der Waals surface area contributed by atoms with Gasteiger partial charge < -0.3 is 4.74 Å². The summed E-state index contributed by atoms with van der Waals surface area (Å²) in [6.45, 7) is 5.37. The zero-order valence-corrected chi connectivity index (χ0v) is 10.5. The van der Waals surface area contributed by atoms with Crippen LogP contribution in [0.2, 0.25) is 0 Å². The highest BCUT2D eigenvalue weighted by atomic mass is 16.5. The van der Waals surface area contributed by atoms with Crippen LogP contribution in [-0.2, 0) is 19.1 Å². The van der Waals surface area contributed by atoms with Crippen LogP contribution < -0.4 is 0 Å². The highest BCUT2D eigenvalue weighted by molar-refractivity contribution is 6.41. The minimum atomic E-state index is -0.565. The third kappa shape index (κ3) is 2.01. The smallest absolute Gasteiger partial charge is 0.311 e. The molecule has 0 radical (unpaired) electrons. The Labute approximate surface area is 101 Å². The molecule has 4 nitrogen and oxygen atoms in total. The molecule has 0 saturated heterocycles. The SMILES string of the molecule is CC(C)(C)C(=O)OC[C@H]1C(=O)C(=O)[C@@H]2CC[C@@H]21. The van der Waals surface area contributed by atoms with Crippen LogP contribution >= 0.6 is 0 Å². The van der Waals surface area contributed by atoms with Crippen molar-refractivity contribution in [1.29, 1.82) is 0 Å². The second-order valence-electron chi connectivity index (χ2n) is 6.03. The van der Waals surface area contributed by atoms with Crippen molar-refractivity contribution in [2.45, 2.75) is 33.6 Å². The summed E-state index contributed by atoms with van der Waals surface area (Å²) in [7, 11) is 0. The normalized spacial score (nSPS) is 32.1. The van der Waals surface area contributed by atoms with Gasteiger partial charge in [-0.3, -0.25) is 14.4 Å². The van der Waals surface area contributed by atoms with Crippen molar-refractivity contribution >= 4 is 17.5 Å². The minimum absolute atomic E-state index is 0.0713. The van der Waals surface area contributed by atoms with Gasteiger partial charge in [0, 0.05) is 5.92 Å². The lowest BCUT2D eigenvalue weighted by Crippen LogP contribution is -2.32. The first-order valence-electron chi connectivity index (χ1n) is 6.07. The van der Waals surface area contributed by atoms with E-state index in [1.165, 1.54) is 0 Å². The van der Waals surface area contributed by atoms with E-state index in [-0.39, 0.29) is 41.9 Å². The van der Waals surface area contributed by atoms with E-state index in [0.29, 0.717) is 0 Å². The van der Waals surface area contributed by atoms with Gasteiger partial charge in [0.2, 0.25) is 11.6 Å². The van der Waals surface area contributed by atoms with E-state index in [0.717, 1.165) is 12.8 Å². The maximum absolute atomic E-state index is 11.7. The second kappa shape index (κ2) is 3.93. The molecule has 4 heteroatoms. The van der Waals surface area contributed by atoms with Crippen molar-refractivity contribution in [3.63, 3.8) is 0 Å². The number of fused-ring (bicyclic) bond motifs is 1. The fourth-order valence-electron chi connectivity index (χ4n) is 2.47. The van der Waals surface area contributed by atoms with E-state index < -0.39 is 5.41 Å². The molecule has 0 bridgehead atoms. The molecule has 0 unspecified atom stereocenters. The van der Waals surface area contributed by atoms with Crippen LogP contribution in [0.3, 0.4) is 0 Å². The molecule has 0 aromatic heterocycles. The van der Waals surface area contributed by atoms with Crippen LogP contribution in [0.15, 0.2) is 0 Å². The lowest BCUT2D eigenvalue weighted by molar-refractivity contribution is -0.155. The number of esters is 1.